The third-order valence-electron chi connectivity index (χ3n) is 4.06. The SMILES string of the molecule is CCOC(=O)C1=C(c2ccccc2)OC(C)(c2ccccc2)C1. The molecule has 23 heavy (non-hydrogen) atoms. The second-order valence-corrected chi connectivity index (χ2v) is 5.77. The highest BCUT2D eigenvalue weighted by atomic mass is 16.5. The smallest absolute Gasteiger partial charge is 0.337 e. The molecule has 1 heterocycles. The standard InChI is InChI=1S/C20H20O3/c1-3-22-19(21)17-14-20(2,16-12-8-5-9-13-16)23-18(17)15-10-6-4-7-11-15/h4-13H,3,14H2,1-2H3. The van der Waals surface area contributed by atoms with Gasteiger partial charge in [0.05, 0.1) is 12.2 Å². The van der Waals surface area contributed by atoms with Crippen LogP contribution in [-0.2, 0) is 19.9 Å². The van der Waals surface area contributed by atoms with Gasteiger partial charge in [-0.05, 0) is 19.4 Å². The Labute approximate surface area is 136 Å². The second-order valence-electron chi connectivity index (χ2n) is 5.77. The minimum atomic E-state index is -0.561. The van der Waals surface area contributed by atoms with Crippen LogP contribution in [0.1, 0.15) is 31.4 Å². The molecule has 0 saturated heterocycles. The number of esters is 1. The van der Waals surface area contributed by atoms with Gasteiger partial charge in [-0.25, -0.2) is 4.79 Å². The topological polar surface area (TPSA) is 35.5 Å². The minimum absolute atomic E-state index is 0.300. The van der Waals surface area contributed by atoms with Gasteiger partial charge in [-0.1, -0.05) is 60.7 Å². The van der Waals surface area contributed by atoms with Crippen LogP contribution in [0, 0.1) is 0 Å². The summed E-state index contributed by atoms with van der Waals surface area (Å²) in [6, 6.07) is 19.7. The van der Waals surface area contributed by atoms with Crippen molar-refractivity contribution in [3.63, 3.8) is 0 Å². The summed E-state index contributed by atoms with van der Waals surface area (Å²) in [6.45, 7) is 4.18. The number of benzene rings is 2. The number of hydrogen-bond acceptors (Lipinski definition) is 3. The summed E-state index contributed by atoms with van der Waals surface area (Å²) in [5.41, 5.74) is 1.99. The zero-order valence-corrected chi connectivity index (χ0v) is 13.4. The molecule has 0 aliphatic carbocycles. The zero-order valence-electron chi connectivity index (χ0n) is 13.4. The maximum absolute atomic E-state index is 12.4. The molecule has 0 radical (unpaired) electrons. The lowest BCUT2D eigenvalue weighted by molar-refractivity contribution is -0.138. The minimum Gasteiger partial charge on any atom is -0.481 e. The molecule has 0 saturated carbocycles. The third kappa shape index (κ3) is 3.00. The predicted octanol–water partition coefficient (Wildman–Crippen LogP) is 4.30. The van der Waals surface area contributed by atoms with E-state index >= 15 is 0 Å². The Morgan fingerprint density at radius 3 is 2.30 bits per heavy atom. The van der Waals surface area contributed by atoms with Gasteiger partial charge in [0.25, 0.3) is 0 Å². The van der Waals surface area contributed by atoms with Crippen molar-refractivity contribution in [3.05, 3.63) is 77.4 Å². The molecule has 3 nitrogen and oxygen atoms in total. The molecule has 3 heteroatoms. The highest BCUT2D eigenvalue weighted by molar-refractivity contribution is 5.97. The molecule has 3 rings (SSSR count). The number of ether oxygens (including phenoxy) is 2. The first-order valence-electron chi connectivity index (χ1n) is 7.84. The molecule has 1 atom stereocenters. The van der Waals surface area contributed by atoms with E-state index < -0.39 is 5.60 Å². The first kappa shape index (κ1) is 15.3. The number of carbonyl (C=O) groups excluding carboxylic acids is 1. The van der Waals surface area contributed by atoms with Crippen molar-refractivity contribution in [2.75, 3.05) is 6.61 Å². The lowest BCUT2D eigenvalue weighted by Crippen LogP contribution is -2.21. The van der Waals surface area contributed by atoms with Crippen LogP contribution in [0.3, 0.4) is 0 Å². The average molecular weight is 308 g/mol. The molecule has 1 aliphatic rings. The van der Waals surface area contributed by atoms with Crippen LogP contribution in [0.15, 0.2) is 66.2 Å². The van der Waals surface area contributed by atoms with E-state index in [4.69, 9.17) is 9.47 Å². The van der Waals surface area contributed by atoms with Crippen molar-refractivity contribution < 1.29 is 14.3 Å². The molecule has 0 fully saturated rings. The quantitative estimate of drug-likeness (QED) is 0.790. The summed E-state index contributed by atoms with van der Waals surface area (Å²) in [4.78, 5) is 12.4. The lowest BCUT2D eigenvalue weighted by Gasteiger charge is -2.26. The van der Waals surface area contributed by atoms with Gasteiger partial charge in [-0.15, -0.1) is 0 Å². The Kier molecular flexibility index (Phi) is 4.20. The van der Waals surface area contributed by atoms with Crippen molar-refractivity contribution in [2.45, 2.75) is 25.9 Å². The van der Waals surface area contributed by atoms with Gasteiger partial charge in [0.1, 0.15) is 11.4 Å². The van der Waals surface area contributed by atoms with Crippen LogP contribution in [-0.4, -0.2) is 12.6 Å². The van der Waals surface area contributed by atoms with Crippen molar-refractivity contribution in [2.24, 2.45) is 0 Å². The monoisotopic (exact) mass is 308 g/mol. The van der Waals surface area contributed by atoms with Crippen LogP contribution >= 0.6 is 0 Å². The van der Waals surface area contributed by atoms with E-state index in [9.17, 15) is 4.79 Å². The molecule has 2 aromatic rings. The Morgan fingerprint density at radius 2 is 1.70 bits per heavy atom. The van der Waals surface area contributed by atoms with Gasteiger partial charge in [-0.3, -0.25) is 0 Å². The van der Waals surface area contributed by atoms with Crippen LogP contribution in [0.4, 0.5) is 0 Å². The number of hydrogen-bond donors (Lipinski definition) is 0. The molecule has 0 aromatic heterocycles. The van der Waals surface area contributed by atoms with Crippen LogP contribution in [0.5, 0.6) is 0 Å². The molecular weight excluding hydrogens is 288 g/mol. The van der Waals surface area contributed by atoms with Crippen molar-refractivity contribution in [3.8, 4) is 0 Å². The molecule has 0 amide bonds. The summed E-state index contributed by atoms with van der Waals surface area (Å²) in [5.74, 6) is 0.321. The fourth-order valence-corrected chi connectivity index (χ4v) is 2.90. The second kappa shape index (κ2) is 6.29. The lowest BCUT2D eigenvalue weighted by atomic mass is 9.90. The van der Waals surface area contributed by atoms with Gasteiger partial charge in [0.2, 0.25) is 0 Å². The van der Waals surface area contributed by atoms with E-state index in [-0.39, 0.29) is 5.97 Å². The molecule has 118 valence electrons. The van der Waals surface area contributed by atoms with Crippen molar-refractivity contribution in [1.82, 2.24) is 0 Å². The summed E-state index contributed by atoms with van der Waals surface area (Å²) >= 11 is 0. The Bertz CT molecular complexity index is 719. The van der Waals surface area contributed by atoms with E-state index in [0.717, 1.165) is 11.1 Å². The molecule has 0 N–H and O–H groups in total. The molecule has 0 bridgehead atoms. The fourth-order valence-electron chi connectivity index (χ4n) is 2.90. The third-order valence-corrected chi connectivity index (χ3v) is 4.06. The predicted molar refractivity (Wildman–Crippen MR) is 89.5 cm³/mol. The molecule has 1 aliphatic heterocycles. The highest BCUT2D eigenvalue weighted by Crippen LogP contribution is 2.45. The summed E-state index contributed by atoms with van der Waals surface area (Å²) < 4.78 is 11.5. The first-order chi connectivity index (χ1) is 11.1. The summed E-state index contributed by atoms with van der Waals surface area (Å²) in [6.07, 6.45) is 0.500. The highest BCUT2D eigenvalue weighted by Gasteiger charge is 2.41. The Hall–Kier alpha value is -2.55. The maximum atomic E-state index is 12.4. The number of rotatable bonds is 4. The maximum Gasteiger partial charge on any atom is 0.337 e. The van der Waals surface area contributed by atoms with E-state index in [1.165, 1.54) is 0 Å². The van der Waals surface area contributed by atoms with Gasteiger partial charge in [0, 0.05) is 12.0 Å². The van der Waals surface area contributed by atoms with Gasteiger partial charge >= 0.3 is 5.97 Å². The van der Waals surface area contributed by atoms with E-state index in [2.05, 4.69) is 0 Å². The fraction of sp³-hybridized carbons (Fsp3) is 0.250. The average Bonchev–Trinajstić information content (AvgIpc) is 2.96. The first-order valence-corrected chi connectivity index (χ1v) is 7.84. The Balaban J connectivity index is 2.01. The van der Waals surface area contributed by atoms with E-state index in [0.29, 0.717) is 24.4 Å². The molecule has 2 aromatic carbocycles. The normalized spacial score (nSPS) is 20.3. The zero-order chi connectivity index (χ0) is 16.3. The van der Waals surface area contributed by atoms with Crippen molar-refractivity contribution >= 4 is 11.7 Å². The van der Waals surface area contributed by atoms with Crippen LogP contribution in [0.25, 0.3) is 5.76 Å². The van der Waals surface area contributed by atoms with Gasteiger partial charge in [0.15, 0.2) is 0 Å². The molecular formula is C20H20O3. The van der Waals surface area contributed by atoms with E-state index in [1.54, 1.807) is 0 Å². The van der Waals surface area contributed by atoms with E-state index in [1.807, 2.05) is 74.5 Å². The van der Waals surface area contributed by atoms with Crippen LogP contribution < -0.4 is 0 Å². The van der Waals surface area contributed by atoms with Gasteiger partial charge in [-0.2, -0.15) is 0 Å². The van der Waals surface area contributed by atoms with Crippen LogP contribution in [0.2, 0.25) is 0 Å². The molecule has 1 unspecified atom stereocenters. The van der Waals surface area contributed by atoms with Crippen molar-refractivity contribution in [1.29, 1.82) is 0 Å². The van der Waals surface area contributed by atoms with Gasteiger partial charge < -0.3 is 9.47 Å². The summed E-state index contributed by atoms with van der Waals surface area (Å²) in [5, 5.41) is 0. The largest absolute Gasteiger partial charge is 0.481 e. The number of carbonyl (C=O) groups is 1. The molecule has 0 spiro atoms. The summed E-state index contributed by atoms with van der Waals surface area (Å²) in [7, 11) is 0. The Morgan fingerprint density at radius 1 is 1.09 bits per heavy atom.